The first-order valence-electron chi connectivity index (χ1n) is 19.6. The summed E-state index contributed by atoms with van der Waals surface area (Å²) in [6, 6.07) is 12.8. The molecule has 1 aromatic heterocycles. The zero-order valence-electron chi connectivity index (χ0n) is 33.3. The van der Waals surface area contributed by atoms with E-state index in [2.05, 4.69) is 0 Å². The molecule has 340 valence electrons. The van der Waals surface area contributed by atoms with Crippen molar-refractivity contribution in [2.24, 2.45) is 0 Å². The second-order valence-electron chi connectivity index (χ2n) is 15.2. The molecule has 0 saturated carbocycles. The molecule has 3 fully saturated rings. The third kappa shape index (κ3) is 9.60. The van der Waals surface area contributed by atoms with Gasteiger partial charge in [-0.05, 0) is 61.9 Å². The van der Waals surface area contributed by atoms with Crippen molar-refractivity contribution in [1.29, 1.82) is 0 Å². The number of rotatable bonds is 11. The maximum atomic E-state index is 14.3. The first kappa shape index (κ1) is 45.6. The molecule has 0 spiro atoms. The molecule has 0 bridgehead atoms. The Hall–Kier alpha value is -5.40. The number of aliphatic hydroxyl groups is 7. The van der Waals surface area contributed by atoms with Gasteiger partial charge in [-0.25, -0.2) is 4.79 Å². The maximum absolute atomic E-state index is 14.3. The van der Waals surface area contributed by atoms with Gasteiger partial charge in [0.2, 0.25) is 17.5 Å². The number of fused-ring (bicyclic) bond motifs is 1. The highest BCUT2D eigenvalue weighted by Gasteiger charge is 2.54. The lowest BCUT2D eigenvalue weighted by molar-refractivity contribution is -0.360. The quantitative estimate of drug-likeness (QED) is 0.0663. The SMILES string of the molecule is C[C@@H]1O[C@@H](OC[C@H]2O[C@@H](Oc3c(-c4ccc(O)cc4)oc4cc(O)cc(O)c4c3=O)[C@H](O[C@@H]3O[C@@H](C)[C@H](O)[C@@H](O)[C@H]3O)[C@@H](O)[C@H]2OC(=O)/C=C\c2ccc(O)cc2)[C@H](O)[C@H](O)[C@H]1O. The number of phenolic OH excluding ortho intramolecular Hbond substituents is 4. The Balaban J connectivity index is 1.31. The van der Waals surface area contributed by atoms with Crippen LogP contribution in [-0.4, -0.2) is 161 Å². The van der Waals surface area contributed by atoms with Crippen molar-refractivity contribution in [3.63, 3.8) is 0 Å². The fourth-order valence-corrected chi connectivity index (χ4v) is 7.25. The van der Waals surface area contributed by atoms with Crippen LogP contribution in [0.5, 0.6) is 28.7 Å². The summed E-state index contributed by atoms with van der Waals surface area (Å²) in [5.41, 5.74) is -0.815. The Labute approximate surface area is 356 Å². The topological polar surface area (TPSA) is 334 Å². The van der Waals surface area contributed by atoms with Crippen molar-refractivity contribution >= 4 is 23.0 Å². The summed E-state index contributed by atoms with van der Waals surface area (Å²) in [7, 11) is 0. The van der Waals surface area contributed by atoms with Gasteiger partial charge >= 0.3 is 5.97 Å². The van der Waals surface area contributed by atoms with E-state index in [9.17, 15) is 65.8 Å². The first-order valence-corrected chi connectivity index (χ1v) is 19.6. The monoisotopic (exact) mass is 886 g/mol. The van der Waals surface area contributed by atoms with E-state index in [-0.39, 0.29) is 28.4 Å². The molecule has 3 aromatic carbocycles. The largest absolute Gasteiger partial charge is 0.508 e. The van der Waals surface area contributed by atoms with E-state index < -0.39 is 133 Å². The van der Waals surface area contributed by atoms with Gasteiger partial charge in [0.15, 0.2) is 30.5 Å². The number of carbonyl (C=O) groups is 1. The Kier molecular flexibility index (Phi) is 13.6. The summed E-state index contributed by atoms with van der Waals surface area (Å²) in [6.07, 6.45) is -23.5. The van der Waals surface area contributed by atoms with Crippen molar-refractivity contribution in [2.45, 2.75) is 106 Å². The minimum atomic E-state index is -2.10. The summed E-state index contributed by atoms with van der Waals surface area (Å²) < 4.78 is 47.1. The summed E-state index contributed by atoms with van der Waals surface area (Å²) >= 11 is 0. The molecule has 21 heteroatoms. The number of hydrogen-bond acceptors (Lipinski definition) is 21. The predicted molar refractivity (Wildman–Crippen MR) is 211 cm³/mol. The molecule has 15 atom stereocenters. The van der Waals surface area contributed by atoms with Crippen LogP contribution in [0.15, 0.2) is 76.0 Å². The Bertz CT molecular complexity index is 2310. The van der Waals surface area contributed by atoms with Crippen LogP contribution in [0.25, 0.3) is 28.4 Å². The highest BCUT2D eigenvalue weighted by Crippen LogP contribution is 2.39. The van der Waals surface area contributed by atoms with E-state index in [1.807, 2.05) is 0 Å². The van der Waals surface area contributed by atoms with Gasteiger partial charge in [0, 0.05) is 23.8 Å². The summed E-state index contributed by atoms with van der Waals surface area (Å²) in [4.78, 5) is 27.8. The molecular formula is C42H46O21. The summed E-state index contributed by atoms with van der Waals surface area (Å²) in [5, 5.41) is 116. The van der Waals surface area contributed by atoms with E-state index in [0.29, 0.717) is 5.56 Å². The van der Waals surface area contributed by atoms with Gasteiger partial charge in [-0.15, -0.1) is 0 Å². The fourth-order valence-electron chi connectivity index (χ4n) is 7.25. The van der Waals surface area contributed by atoms with Gasteiger partial charge in [-0.1, -0.05) is 12.1 Å². The van der Waals surface area contributed by atoms with Gasteiger partial charge in [-0.3, -0.25) is 4.79 Å². The highest BCUT2D eigenvalue weighted by atomic mass is 16.8. The van der Waals surface area contributed by atoms with Crippen molar-refractivity contribution in [3.8, 4) is 40.1 Å². The first-order chi connectivity index (χ1) is 29.9. The molecule has 4 aromatic rings. The Morgan fingerprint density at radius 1 is 0.667 bits per heavy atom. The lowest BCUT2D eigenvalue weighted by atomic mass is 9.97. The molecule has 4 heterocycles. The molecule has 0 aliphatic carbocycles. The normalized spacial score (nSPS) is 33.6. The van der Waals surface area contributed by atoms with Crippen molar-refractivity contribution in [1.82, 2.24) is 0 Å². The van der Waals surface area contributed by atoms with E-state index in [0.717, 1.165) is 18.2 Å². The molecule has 7 rings (SSSR count). The maximum Gasteiger partial charge on any atom is 0.331 e. The average Bonchev–Trinajstić information content (AvgIpc) is 3.24. The van der Waals surface area contributed by atoms with Crippen LogP contribution in [0.2, 0.25) is 0 Å². The molecule has 3 aliphatic heterocycles. The second kappa shape index (κ2) is 18.8. The van der Waals surface area contributed by atoms with Gasteiger partial charge in [0.1, 0.15) is 82.8 Å². The van der Waals surface area contributed by atoms with Crippen molar-refractivity contribution < 1.29 is 98.5 Å². The lowest BCUT2D eigenvalue weighted by Crippen LogP contribution is -2.65. The lowest BCUT2D eigenvalue weighted by Gasteiger charge is -2.47. The minimum absolute atomic E-state index is 0.0393. The number of ether oxygens (including phenoxy) is 7. The molecule has 11 N–H and O–H groups in total. The molecule has 63 heavy (non-hydrogen) atoms. The van der Waals surface area contributed by atoms with Gasteiger partial charge in [-0.2, -0.15) is 0 Å². The van der Waals surface area contributed by atoms with Crippen LogP contribution < -0.4 is 10.2 Å². The predicted octanol–water partition coefficient (Wildman–Crippen LogP) is -0.571. The van der Waals surface area contributed by atoms with E-state index >= 15 is 0 Å². The zero-order chi connectivity index (χ0) is 45.4. The standard InChI is InChI=1S/C42H46O21/c1-16-28(48)31(51)33(53)40(57-16)56-15-25-37(61-26(47)12-5-18-3-8-20(43)9-4-18)35(55)39(63-41-34(54)32(52)29(49)17(2)58-41)42(60-25)62-38-30(50)27-23(46)13-22(45)14-24(27)59-36(38)19-6-10-21(44)11-7-19/h3-14,16-17,25,28-29,31-35,37,39-46,48-49,51-55H,15H2,1-2H3/b12-5-/t16-,17-,25+,28-,29-,31+,32+,33+,34+,35-,37-,39+,40+,41-,42-/m0/s1. The molecule has 0 amide bonds. The Morgan fingerprint density at radius 2 is 1.25 bits per heavy atom. The number of hydrogen-bond donors (Lipinski definition) is 11. The fraction of sp³-hybridized carbons (Fsp3) is 0.429. The van der Waals surface area contributed by atoms with Crippen LogP contribution in [0.4, 0.5) is 0 Å². The van der Waals surface area contributed by atoms with Crippen LogP contribution >= 0.6 is 0 Å². The second-order valence-corrected chi connectivity index (χ2v) is 15.2. The average molecular weight is 887 g/mol. The van der Waals surface area contributed by atoms with Crippen LogP contribution in [0, 0.1) is 0 Å². The van der Waals surface area contributed by atoms with Gasteiger partial charge in [0.25, 0.3) is 0 Å². The van der Waals surface area contributed by atoms with Crippen molar-refractivity contribution in [3.05, 3.63) is 82.5 Å². The third-order valence-corrected chi connectivity index (χ3v) is 10.8. The number of phenols is 4. The smallest absolute Gasteiger partial charge is 0.331 e. The van der Waals surface area contributed by atoms with Gasteiger partial charge < -0.3 is 93.7 Å². The molecule has 3 saturated heterocycles. The van der Waals surface area contributed by atoms with E-state index in [1.54, 1.807) is 0 Å². The summed E-state index contributed by atoms with van der Waals surface area (Å²) in [5.74, 6) is -3.58. The molecule has 3 aliphatic rings. The zero-order valence-corrected chi connectivity index (χ0v) is 33.3. The Morgan fingerprint density at radius 3 is 1.89 bits per heavy atom. The van der Waals surface area contributed by atoms with Crippen LogP contribution in [0.1, 0.15) is 19.4 Å². The number of esters is 1. The minimum Gasteiger partial charge on any atom is -0.508 e. The van der Waals surface area contributed by atoms with Gasteiger partial charge in [0.05, 0.1) is 18.8 Å². The van der Waals surface area contributed by atoms with E-state index in [4.69, 9.17) is 37.6 Å². The van der Waals surface area contributed by atoms with Crippen LogP contribution in [0.3, 0.4) is 0 Å². The molecule has 21 nitrogen and oxygen atoms in total. The molecule has 0 unspecified atom stereocenters. The number of aromatic hydroxyl groups is 4. The number of carbonyl (C=O) groups excluding carboxylic acids is 1. The molecule has 0 radical (unpaired) electrons. The number of benzene rings is 3. The van der Waals surface area contributed by atoms with Crippen molar-refractivity contribution in [2.75, 3.05) is 6.61 Å². The van der Waals surface area contributed by atoms with Crippen LogP contribution in [-0.2, 0) is 33.2 Å². The summed E-state index contributed by atoms with van der Waals surface area (Å²) in [6.45, 7) is 2.00. The molecular weight excluding hydrogens is 840 g/mol. The third-order valence-electron chi connectivity index (χ3n) is 10.8. The number of aliphatic hydroxyl groups excluding tert-OH is 7. The highest BCUT2D eigenvalue weighted by molar-refractivity contribution is 5.88. The van der Waals surface area contributed by atoms with E-state index in [1.165, 1.54) is 68.5 Å².